The minimum Gasteiger partial charge on any atom is -0.490 e. The van der Waals surface area contributed by atoms with E-state index < -0.39 is 0 Å². The Hall–Kier alpha value is -1.56. The molecule has 0 bridgehead atoms. The zero-order valence-electron chi connectivity index (χ0n) is 12.6. The van der Waals surface area contributed by atoms with Crippen LogP contribution in [0.5, 0.6) is 5.75 Å². The number of aromatic nitrogens is 2. The highest BCUT2D eigenvalue weighted by Crippen LogP contribution is 2.29. The van der Waals surface area contributed by atoms with Crippen LogP contribution in [0.15, 0.2) is 6.33 Å². The molecule has 1 aliphatic carbocycles. The van der Waals surface area contributed by atoms with Crippen LogP contribution in [0.3, 0.4) is 0 Å². The molecule has 2 rings (SSSR count). The Morgan fingerprint density at radius 1 is 1.25 bits per heavy atom. The second kappa shape index (κ2) is 7.28. The zero-order valence-corrected chi connectivity index (χ0v) is 12.6. The van der Waals surface area contributed by atoms with Gasteiger partial charge in [0.1, 0.15) is 6.33 Å². The van der Waals surface area contributed by atoms with Crippen molar-refractivity contribution in [1.82, 2.24) is 14.9 Å². The van der Waals surface area contributed by atoms with Gasteiger partial charge in [0, 0.05) is 25.7 Å². The number of methoxy groups -OCH3 is 1. The number of hydrogen-bond acceptors (Lipinski definition) is 6. The summed E-state index contributed by atoms with van der Waals surface area (Å²) in [5, 5.41) is 6.59. The lowest BCUT2D eigenvalue weighted by atomic mass is 10.4. The largest absolute Gasteiger partial charge is 0.490 e. The smallest absolute Gasteiger partial charge is 0.204 e. The van der Waals surface area contributed by atoms with E-state index in [1.807, 2.05) is 0 Å². The van der Waals surface area contributed by atoms with Crippen LogP contribution in [0.2, 0.25) is 0 Å². The van der Waals surface area contributed by atoms with Gasteiger partial charge >= 0.3 is 0 Å². The second-order valence-corrected chi connectivity index (χ2v) is 5.17. The maximum Gasteiger partial charge on any atom is 0.204 e. The molecule has 0 spiro atoms. The van der Waals surface area contributed by atoms with E-state index >= 15 is 0 Å². The quantitative estimate of drug-likeness (QED) is 0.719. The predicted molar refractivity (Wildman–Crippen MR) is 81.5 cm³/mol. The van der Waals surface area contributed by atoms with Crippen molar-refractivity contribution in [3.8, 4) is 5.75 Å². The molecule has 1 aliphatic rings. The van der Waals surface area contributed by atoms with Crippen LogP contribution < -0.4 is 15.4 Å². The van der Waals surface area contributed by atoms with Crippen LogP contribution in [-0.4, -0.2) is 54.7 Å². The second-order valence-electron chi connectivity index (χ2n) is 5.17. The van der Waals surface area contributed by atoms with Crippen LogP contribution >= 0.6 is 0 Å². The number of ether oxygens (including phenoxy) is 1. The fourth-order valence-corrected chi connectivity index (χ4v) is 2.11. The molecule has 0 unspecified atom stereocenters. The molecular weight excluding hydrogens is 254 g/mol. The Balaban J connectivity index is 1.91. The molecule has 0 aliphatic heterocycles. The Bertz CT molecular complexity index is 422. The molecule has 0 aromatic carbocycles. The van der Waals surface area contributed by atoms with Gasteiger partial charge in [0.25, 0.3) is 0 Å². The summed E-state index contributed by atoms with van der Waals surface area (Å²) in [7, 11) is 3.82. The SMILES string of the molecule is CCCNc1ncnc(NCCN(C)C2CC2)c1OC. The van der Waals surface area contributed by atoms with Crippen LogP contribution in [-0.2, 0) is 0 Å². The summed E-state index contributed by atoms with van der Waals surface area (Å²) in [4.78, 5) is 10.9. The fourth-order valence-electron chi connectivity index (χ4n) is 2.11. The highest BCUT2D eigenvalue weighted by molar-refractivity contribution is 5.63. The van der Waals surface area contributed by atoms with E-state index in [2.05, 4.69) is 39.5 Å². The molecule has 0 amide bonds. The van der Waals surface area contributed by atoms with Crippen LogP contribution in [0.1, 0.15) is 26.2 Å². The molecule has 6 nitrogen and oxygen atoms in total. The van der Waals surface area contributed by atoms with Gasteiger partial charge in [-0.25, -0.2) is 9.97 Å². The van der Waals surface area contributed by atoms with Gasteiger partial charge in [-0.2, -0.15) is 0 Å². The molecular formula is C14H25N5O. The van der Waals surface area contributed by atoms with E-state index in [9.17, 15) is 0 Å². The minimum absolute atomic E-state index is 0.690. The summed E-state index contributed by atoms with van der Waals surface area (Å²) in [5.74, 6) is 2.20. The first-order valence-corrected chi connectivity index (χ1v) is 7.33. The van der Waals surface area contributed by atoms with Gasteiger partial charge in [0.15, 0.2) is 11.6 Å². The number of nitrogens with zero attached hydrogens (tertiary/aromatic N) is 3. The van der Waals surface area contributed by atoms with Crippen molar-refractivity contribution < 1.29 is 4.74 Å². The van der Waals surface area contributed by atoms with Crippen molar-refractivity contribution >= 4 is 11.6 Å². The molecule has 0 radical (unpaired) electrons. The molecule has 1 fully saturated rings. The van der Waals surface area contributed by atoms with Gasteiger partial charge < -0.3 is 20.3 Å². The summed E-state index contributed by atoms with van der Waals surface area (Å²) in [5.41, 5.74) is 0. The third-order valence-corrected chi connectivity index (χ3v) is 3.48. The van der Waals surface area contributed by atoms with Gasteiger partial charge in [-0.3, -0.25) is 0 Å². The van der Waals surface area contributed by atoms with Crippen molar-refractivity contribution in [3.05, 3.63) is 6.33 Å². The third kappa shape index (κ3) is 3.96. The first-order valence-electron chi connectivity index (χ1n) is 7.33. The summed E-state index contributed by atoms with van der Waals surface area (Å²) >= 11 is 0. The average molecular weight is 279 g/mol. The third-order valence-electron chi connectivity index (χ3n) is 3.48. The van der Waals surface area contributed by atoms with E-state index in [-0.39, 0.29) is 0 Å². The summed E-state index contributed by atoms with van der Waals surface area (Å²) in [6, 6.07) is 0.783. The van der Waals surface area contributed by atoms with E-state index in [1.54, 1.807) is 13.4 Å². The molecule has 6 heteroatoms. The van der Waals surface area contributed by atoms with Crippen molar-refractivity contribution in [3.63, 3.8) is 0 Å². The molecule has 1 aromatic rings. The van der Waals surface area contributed by atoms with E-state index in [0.29, 0.717) is 5.75 Å². The Labute approximate surface area is 120 Å². The highest BCUT2D eigenvalue weighted by atomic mass is 16.5. The van der Waals surface area contributed by atoms with E-state index in [4.69, 9.17) is 4.74 Å². The molecule has 112 valence electrons. The van der Waals surface area contributed by atoms with Crippen LogP contribution in [0.4, 0.5) is 11.6 Å². The Morgan fingerprint density at radius 3 is 2.45 bits per heavy atom. The van der Waals surface area contributed by atoms with Gasteiger partial charge in [-0.1, -0.05) is 6.92 Å². The van der Waals surface area contributed by atoms with Crippen LogP contribution in [0.25, 0.3) is 0 Å². The molecule has 2 N–H and O–H groups in total. The Kier molecular flexibility index (Phi) is 5.40. The lowest BCUT2D eigenvalue weighted by Crippen LogP contribution is -2.27. The highest BCUT2D eigenvalue weighted by Gasteiger charge is 2.25. The summed E-state index contributed by atoms with van der Waals surface area (Å²) in [6.07, 6.45) is 5.27. The zero-order chi connectivity index (χ0) is 14.4. The number of rotatable bonds is 9. The topological polar surface area (TPSA) is 62.3 Å². The average Bonchev–Trinajstić information content (AvgIpc) is 3.29. The molecule has 1 heterocycles. The minimum atomic E-state index is 0.690. The summed E-state index contributed by atoms with van der Waals surface area (Å²) < 4.78 is 5.43. The maximum absolute atomic E-state index is 5.43. The number of hydrogen-bond donors (Lipinski definition) is 2. The van der Waals surface area contributed by atoms with E-state index in [0.717, 1.165) is 43.7 Å². The molecule has 0 saturated heterocycles. The molecule has 20 heavy (non-hydrogen) atoms. The van der Waals surface area contributed by atoms with Crippen LogP contribution in [0, 0.1) is 0 Å². The van der Waals surface area contributed by atoms with Gasteiger partial charge in [0.05, 0.1) is 7.11 Å². The molecule has 0 atom stereocenters. The molecule has 1 saturated carbocycles. The van der Waals surface area contributed by atoms with Gasteiger partial charge in [-0.15, -0.1) is 0 Å². The lowest BCUT2D eigenvalue weighted by Gasteiger charge is -2.17. The van der Waals surface area contributed by atoms with Crippen molar-refractivity contribution in [1.29, 1.82) is 0 Å². The first kappa shape index (κ1) is 14.8. The van der Waals surface area contributed by atoms with Crippen molar-refractivity contribution in [2.24, 2.45) is 0 Å². The molecule has 1 aromatic heterocycles. The first-order chi connectivity index (χ1) is 9.76. The van der Waals surface area contributed by atoms with Crippen molar-refractivity contribution in [2.75, 3.05) is 44.4 Å². The number of nitrogens with one attached hydrogen (secondary N) is 2. The van der Waals surface area contributed by atoms with E-state index in [1.165, 1.54) is 12.8 Å². The summed E-state index contributed by atoms with van der Waals surface area (Å²) in [6.45, 7) is 4.86. The fraction of sp³-hybridized carbons (Fsp3) is 0.714. The van der Waals surface area contributed by atoms with Gasteiger partial charge in [0.2, 0.25) is 5.75 Å². The lowest BCUT2D eigenvalue weighted by molar-refractivity contribution is 0.336. The monoisotopic (exact) mass is 279 g/mol. The number of likely N-dealkylation sites (N-methyl/N-ethyl adjacent to an activating group) is 1. The standard InChI is InChI=1S/C14H25N5O/c1-4-7-15-13-12(20-3)14(18-10-17-13)16-8-9-19(2)11-5-6-11/h10-11H,4-9H2,1-3H3,(H2,15,16,17,18). The normalized spacial score (nSPS) is 14.4. The van der Waals surface area contributed by atoms with Gasteiger partial charge in [-0.05, 0) is 26.3 Å². The predicted octanol–water partition coefficient (Wildman–Crippen LogP) is 1.81. The van der Waals surface area contributed by atoms with Crippen molar-refractivity contribution in [2.45, 2.75) is 32.2 Å². The Morgan fingerprint density at radius 2 is 1.90 bits per heavy atom. The number of anilines is 2. The maximum atomic E-state index is 5.43.